The Hall–Kier alpha value is -1.88. The maximum Gasteiger partial charge on any atom is 0.323 e. The Morgan fingerprint density at radius 1 is 1.24 bits per heavy atom. The maximum atomic E-state index is 12.3. The van der Waals surface area contributed by atoms with Gasteiger partial charge in [-0.2, -0.15) is 0 Å². The summed E-state index contributed by atoms with van der Waals surface area (Å²) in [5.41, 5.74) is 1.06. The van der Waals surface area contributed by atoms with Crippen LogP contribution in [-0.4, -0.2) is 42.5 Å². The Labute approximate surface area is 125 Å². The topological polar surface area (TPSA) is 58.6 Å². The number of carbonyl (C=O) groups is 2. The third kappa shape index (κ3) is 3.82. The fraction of sp³-hybridized carbons (Fsp3) is 0.500. The van der Waals surface area contributed by atoms with Crippen LogP contribution in [-0.2, 0) is 20.9 Å². The van der Waals surface area contributed by atoms with Gasteiger partial charge in [0.05, 0.1) is 12.6 Å². The molecule has 1 aliphatic rings. The number of hydrogen-bond acceptors (Lipinski definition) is 4. The smallest absolute Gasteiger partial charge is 0.323 e. The highest BCUT2D eigenvalue weighted by Gasteiger charge is 2.39. The van der Waals surface area contributed by atoms with Crippen molar-refractivity contribution < 1.29 is 14.3 Å². The Balaban J connectivity index is 1.87. The highest BCUT2D eigenvalue weighted by Crippen LogP contribution is 2.23. The Bertz CT molecular complexity index is 490. The minimum Gasteiger partial charge on any atom is -0.465 e. The zero-order valence-electron chi connectivity index (χ0n) is 12.5. The summed E-state index contributed by atoms with van der Waals surface area (Å²) in [5.74, 6) is -0.272. The first-order chi connectivity index (χ1) is 10.1. The Morgan fingerprint density at radius 2 is 1.90 bits per heavy atom. The molecule has 0 bridgehead atoms. The SMILES string of the molecule is CCOC(=O)C1CCC(C(=O)NCc2ccccc2)N1C. The van der Waals surface area contributed by atoms with E-state index in [2.05, 4.69) is 5.32 Å². The van der Waals surface area contributed by atoms with Gasteiger partial charge in [0.1, 0.15) is 6.04 Å². The van der Waals surface area contributed by atoms with Crippen molar-refractivity contribution in [2.75, 3.05) is 13.7 Å². The van der Waals surface area contributed by atoms with Gasteiger partial charge in [0.2, 0.25) is 5.91 Å². The zero-order chi connectivity index (χ0) is 15.2. The third-order valence-corrected chi connectivity index (χ3v) is 3.87. The van der Waals surface area contributed by atoms with Gasteiger partial charge in [-0.25, -0.2) is 0 Å². The molecule has 0 aliphatic carbocycles. The van der Waals surface area contributed by atoms with Gasteiger partial charge < -0.3 is 10.1 Å². The van der Waals surface area contributed by atoms with E-state index in [-0.39, 0.29) is 24.0 Å². The molecule has 1 amide bonds. The van der Waals surface area contributed by atoms with Crippen LogP contribution in [0.1, 0.15) is 25.3 Å². The monoisotopic (exact) mass is 290 g/mol. The summed E-state index contributed by atoms with van der Waals surface area (Å²) in [4.78, 5) is 25.9. The molecule has 1 aromatic carbocycles. The molecule has 1 heterocycles. The average Bonchev–Trinajstić information content (AvgIpc) is 2.88. The minimum absolute atomic E-state index is 0.0341. The molecule has 0 spiro atoms. The third-order valence-electron chi connectivity index (χ3n) is 3.87. The molecule has 5 nitrogen and oxygen atoms in total. The van der Waals surface area contributed by atoms with Crippen LogP contribution >= 0.6 is 0 Å². The van der Waals surface area contributed by atoms with E-state index < -0.39 is 0 Å². The van der Waals surface area contributed by atoms with E-state index in [0.717, 1.165) is 5.56 Å². The van der Waals surface area contributed by atoms with Crippen molar-refractivity contribution >= 4 is 11.9 Å². The molecule has 5 heteroatoms. The number of nitrogens with one attached hydrogen (secondary N) is 1. The van der Waals surface area contributed by atoms with Crippen LogP contribution in [0.25, 0.3) is 0 Å². The number of ether oxygens (including phenoxy) is 1. The molecule has 1 aromatic rings. The molecule has 1 fully saturated rings. The van der Waals surface area contributed by atoms with Gasteiger partial charge in [-0.15, -0.1) is 0 Å². The molecule has 1 saturated heterocycles. The first kappa shape index (κ1) is 15.5. The lowest BCUT2D eigenvalue weighted by atomic mass is 10.1. The fourth-order valence-corrected chi connectivity index (χ4v) is 2.68. The molecular weight excluding hydrogens is 268 g/mol. The standard InChI is InChI=1S/C16H22N2O3/c1-3-21-16(20)14-10-9-13(18(14)2)15(19)17-11-12-7-5-4-6-8-12/h4-8,13-14H,3,9-11H2,1-2H3,(H,17,19). The molecule has 0 radical (unpaired) electrons. The van der Waals surface area contributed by atoms with Crippen molar-refractivity contribution in [3.63, 3.8) is 0 Å². The van der Waals surface area contributed by atoms with Gasteiger partial charge in [-0.3, -0.25) is 14.5 Å². The number of benzene rings is 1. The Morgan fingerprint density at radius 3 is 2.57 bits per heavy atom. The minimum atomic E-state index is -0.308. The number of likely N-dealkylation sites (tertiary alicyclic amines) is 1. The van der Waals surface area contributed by atoms with Crippen LogP contribution in [0.5, 0.6) is 0 Å². The van der Waals surface area contributed by atoms with Crippen LogP contribution < -0.4 is 5.32 Å². The maximum absolute atomic E-state index is 12.3. The molecular formula is C16H22N2O3. The summed E-state index contributed by atoms with van der Waals surface area (Å²) in [6, 6.07) is 9.21. The van der Waals surface area contributed by atoms with Gasteiger partial charge >= 0.3 is 5.97 Å². The number of hydrogen-bond donors (Lipinski definition) is 1. The van der Waals surface area contributed by atoms with Crippen LogP contribution in [0, 0.1) is 0 Å². The van der Waals surface area contributed by atoms with E-state index in [4.69, 9.17) is 4.74 Å². The summed E-state index contributed by atoms with van der Waals surface area (Å²) >= 11 is 0. The molecule has 2 rings (SSSR count). The first-order valence-electron chi connectivity index (χ1n) is 7.33. The highest BCUT2D eigenvalue weighted by atomic mass is 16.5. The number of amides is 1. The van der Waals surface area contributed by atoms with Gasteiger partial charge in [0, 0.05) is 6.54 Å². The van der Waals surface area contributed by atoms with Crippen molar-refractivity contribution in [1.29, 1.82) is 0 Å². The van der Waals surface area contributed by atoms with Crippen molar-refractivity contribution in [3.8, 4) is 0 Å². The zero-order valence-corrected chi connectivity index (χ0v) is 12.5. The number of likely N-dealkylation sites (N-methyl/N-ethyl adjacent to an activating group) is 1. The summed E-state index contributed by atoms with van der Waals surface area (Å²) in [6.07, 6.45) is 1.35. The summed E-state index contributed by atoms with van der Waals surface area (Å²) < 4.78 is 5.04. The van der Waals surface area contributed by atoms with E-state index in [1.807, 2.05) is 35.2 Å². The fourth-order valence-electron chi connectivity index (χ4n) is 2.68. The summed E-state index contributed by atoms with van der Waals surface area (Å²) in [5, 5.41) is 2.93. The van der Waals surface area contributed by atoms with E-state index in [0.29, 0.717) is 26.0 Å². The largest absolute Gasteiger partial charge is 0.465 e. The van der Waals surface area contributed by atoms with Gasteiger partial charge in [-0.1, -0.05) is 30.3 Å². The van der Waals surface area contributed by atoms with Crippen LogP contribution in [0.3, 0.4) is 0 Å². The lowest BCUT2D eigenvalue weighted by molar-refractivity contribution is -0.148. The van der Waals surface area contributed by atoms with Gasteiger partial charge in [0.15, 0.2) is 0 Å². The second-order valence-corrected chi connectivity index (χ2v) is 5.23. The summed E-state index contributed by atoms with van der Waals surface area (Å²) in [6.45, 7) is 2.67. The number of nitrogens with zero attached hydrogens (tertiary/aromatic N) is 1. The van der Waals surface area contributed by atoms with E-state index >= 15 is 0 Å². The summed E-state index contributed by atoms with van der Waals surface area (Å²) in [7, 11) is 1.81. The van der Waals surface area contributed by atoms with Crippen molar-refractivity contribution in [3.05, 3.63) is 35.9 Å². The molecule has 0 aromatic heterocycles. The molecule has 21 heavy (non-hydrogen) atoms. The average molecular weight is 290 g/mol. The highest BCUT2D eigenvalue weighted by molar-refractivity contribution is 5.84. The number of carbonyl (C=O) groups excluding carboxylic acids is 2. The van der Waals surface area contributed by atoms with Crippen molar-refractivity contribution in [1.82, 2.24) is 10.2 Å². The molecule has 114 valence electrons. The number of esters is 1. The molecule has 1 N–H and O–H groups in total. The molecule has 0 saturated carbocycles. The van der Waals surface area contributed by atoms with Gasteiger partial charge in [0.25, 0.3) is 0 Å². The lowest BCUT2D eigenvalue weighted by Crippen LogP contribution is -2.46. The molecule has 1 aliphatic heterocycles. The predicted octanol–water partition coefficient (Wildman–Crippen LogP) is 1.33. The van der Waals surface area contributed by atoms with Crippen LogP contribution in [0.2, 0.25) is 0 Å². The van der Waals surface area contributed by atoms with E-state index in [1.54, 1.807) is 14.0 Å². The normalized spacial score (nSPS) is 22.0. The quantitative estimate of drug-likeness (QED) is 0.831. The van der Waals surface area contributed by atoms with E-state index in [1.165, 1.54) is 0 Å². The predicted molar refractivity (Wildman–Crippen MR) is 79.5 cm³/mol. The number of rotatable bonds is 5. The van der Waals surface area contributed by atoms with Crippen molar-refractivity contribution in [2.45, 2.75) is 38.4 Å². The van der Waals surface area contributed by atoms with Crippen LogP contribution in [0.4, 0.5) is 0 Å². The Kier molecular flexibility index (Phi) is 5.33. The van der Waals surface area contributed by atoms with Crippen LogP contribution in [0.15, 0.2) is 30.3 Å². The van der Waals surface area contributed by atoms with Gasteiger partial charge in [-0.05, 0) is 32.4 Å². The first-order valence-corrected chi connectivity index (χ1v) is 7.33. The van der Waals surface area contributed by atoms with Crippen molar-refractivity contribution in [2.24, 2.45) is 0 Å². The molecule has 2 unspecified atom stereocenters. The second kappa shape index (κ2) is 7.22. The van der Waals surface area contributed by atoms with E-state index in [9.17, 15) is 9.59 Å². The molecule has 2 atom stereocenters. The lowest BCUT2D eigenvalue weighted by Gasteiger charge is -2.23. The second-order valence-electron chi connectivity index (χ2n) is 5.23.